The number of nitrogens with one attached hydrogen (secondary N) is 1. The summed E-state index contributed by atoms with van der Waals surface area (Å²) in [5.74, 6) is 1.34. The predicted molar refractivity (Wildman–Crippen MR) is 78.8 cm³/mol. The Balaban J connectivity index is 1.78. The van der Waals surface area contributed by atoms with Crippen molar-refractivity contribution in [3.8, 4) is 17.2 Å². The van der Waals surface area contributed by atoms with Gasteiger partial charge in [0.15, 0.2) is 6.67 Å². The third-order valence-corrected chi connectivity index (χ3v) is 3.81. The van der Waals surface area contributed by atoms with Gasteiger partial charge in [0.1, 0.15) is 18.8 Å². The number of ether oxygens (including phenoxy) is 2. The van der Waals surface area contributed by atoms with E-state index in [-0.39, 0.29) is 0 Å². The van der Waals surface area contributed by atoms with E-state index >= 15 is 0 Å². The molecule has 112 valence electrons. The molecular weight excluding hydrogens is 290 g/mol. The van der Waals surface area contributed by atoms with Crippen molar-refractivity contribution in [3.63, 3.8) is 0 Å². The molecule has 1 aliphatic heterocycles. The van der Waals surface area contributed by atoms with Crippen LogP contribution in [0, 0.1) is 4.84 Å². The normalized spacial score (nSPS) is 16.0. The van der Waals surface area contributed by atoms with Gasteiger partial charge < -0.3 is 18.8 Å². The average Bonchev–Trinajstić information content (AvgIpc) is 2.89. The lowest BCUT2D eigenvalue weighted by atomic mass is 10.2. The molecule has 21 heavy (non-hydrogen) atoms. The number of aromatic nitrogens is 2. The fourth-order valence-corrected chi connectivity index (χ4v) is 2.47. The van der Waals surface area contributed by atoms with E-state index in [0.29, 0.717) is 17.4 Å². The second-order valence-corrected chi connectivity index (χ2v) is 5.27. The molecule has 1 fully saturated rings. The van der Waals surface area contributed by atoms with Crippen LogP contribution in [-0.4, -0.2) is 43.2 Å². The zero-order chi connectivity index (χ0) is 14.7. The summed E-state index contributed by atoms with van der Waals surface area (Å²) in [5.41, 5.74) is 0.887. The number of nitrogens with zero attached hydrogens (tertiary/aromatic N) is 2. The summed E-state index contributed by atoms with van der Waals surface area (Å²) >= 11 is 5.25. The molecule has 0 bridgehead atoms. The van der Waals surface area contributed by atoms with Crippen molar-refractivity contribution in [2.45, 2.75) is 6.67 Å². The number of methoxy groups -OCH3 is 1. The Kier molecular flexibility index (Phi) is 4.33. The third-order valence-electron chi connectivity index (χ3n) is 3.52. The van der Waals surface area contributed by atoms with Crippen LogP contribution in [0.4, 0.5) is 0 Å². The van der Waals surface area contributed by atoms with Crippen LogP contribution in [0.2, 0.25) is 0 Å². The molecule has 0 amide bonds. The zero-order valence-electron chi connectivity index (χ0n) is 11.9. The van der Waals surface area contributed by atoms with Crippen LogP contribution in [-0.2, 0) is 11.4 Å². The van der Waals surface area contributed by atoms with Crippen molar-refractivity contribution in [3.05, 3.63) is 29.1 Å². The molecule has 2 heterocycles. The summed E-state index contributed by atoms with van der Waals surface area (Å²) in [6.45, 7) is 4.21. The van der Waals surface area contributed by atoms with Crippen LogP contribution in [0.3, 0.4) is 0 Å². The lowest BCUT2D eigenvalue weighted by Gasteiger charge is -2.22. The molecule has 6 nitrogen and oxygen atoms in total. The Morgan fingerprint density at radius 3 is 2.67 bits per heavy atom. The molecule has 0 saturated carbocycles. The summed E-state index contributed by atoms with van der Waals surface area (Å²) < 4.78 is 17.8. The highest BCUT2D eigenvalue weighted by molar-refractivity contribution is 7.71. The summed E-state index contributed by atoms with van der Waals surface area (Å²) in [4.78, 5) is 1.80. The van der Waals surface area contributed by atoms with E-state index in [0.717, 1.165) is 37.6 Å². The largest absolute Gasteiger partial charge is 0.497 e. The van der Waals surface area contributed by atoms with Gasteiger partial charge in [0.2, 0.25) is 5.89 Å². The Hall–Kier alpha value is -1.70. The Bertz CT molecular complexity index is 644. The molecular formula is C14H18N3O3S+. The number of hydrogen-bond donors (Lipinski definition) is 1. The molecule has 0 radical (unpaired) electrons. The summed E-state index contributed by atoms with van der Waals surface area (Å²) in [6.07, 6.45) is 0. The standard InChI is InChI=1S/C14H17N3O3S/c1-18-12-4-2-11(3-5-12)13-15-17(14(21)20-13)10-16-6-8-19-9-7-16/h2-5H,6-10H2,1H3/p+1. The Morgan fingerprint density at radius 2 is 2.00 bits per heavy atom. The smallest absolute Gasteiger partial charge is 0.292 e. The fraction of sp³-hybridized carbons (Fsp3) is 0.429. The Morgan fingerprint density at radius 1 is 1.29 bits per heavy atom. The van der Waals surface area contributed by atoms with Crippen LogP contribution in [0.15, 0.2) is 28.7 Å². The molecule has 0 spiro atoms. The second kappa shape index (κ2) is 6.38. The molecule has 3 rings (SSSR count). The van der Waals surface area contributed by atoms with Crippen molar-refractivity contribution in [2.75, 3.05) is 33.4 Å². The van der Waals surface area contributed by atoms with Crippen LogP contribution in [0.5, 0.6) is 5.75 Å². The molecule has 2 aromatic rings. The predicted octanol–water partition coefficient (Wildman–Crippen LogP) is 0.754. The van der Waals surface area contributed by atoms with Gasteiger partial charge in [0.05, 0.1) is 20.3 Å². The topological polar surface area (TPSA) is 53.9 Å². The highest BCUT2D eigenvalue weighted by atomic mass is 32.1. The van der Waals surface area contributed by atoms with Gasteiger partial charge >= 0.3 is 0 Å². The first-order chi connectivity index (χ1) is 10.3. The molecule has 1 aliphatic rings. The van der Waals surface area contributed by atoms with Gasteiger partial charge in [-0.3, -0.25) is 0 Å². The molecule has 0 aliphatic carbocycles. The van der Waals surface area contributed by atoms with Crippen LogP contribution >= 0.6 is 12.2 Å². The number of hydrogen-bond acceptors (Lipinski definition) is 5. The quantitative estimate of drug-likeness (QED) is 0.845. The summed E-state index contributed by atoms with van der Waals surface area (Å²) in [5, 5.41) is 4.47. The zero-order valence-corrected chi connectivity index (χ0v) is 12.7. The van der Waals surface area contributed by atoms with Crippen molar-refractivity contribution in [2.24, 2.45) is 0 Å². The minimum Gasteiger partial charge on any atom is -0.497 e. The van der Waals surface area contributed by atoms with Gasteiger partial charge in [-0.25, -0.2) is 0 Å². The van der Waals surface area contributed by atoms with Gasteiger partial charge in [-0.05, 0) is 36.5 Å². The van der Waals surface area contributed by atoms with Gasteiger partial charge in [-0.2, -0.15) is 4.68 Å². The lowest BCUT2D eigenvalue weighted by Crippen LogP contribution is -3.13. The van der Waals surface area contributed by atoms with Gasteiger partial charge in [0.25, 0.3) is 4.84 Å². The number of quaternary nitrogens is 1. The number of rotatable bonds is 4. The highest BCUT2D eigenvalue weighted by Crippen LogP contribution is 2.20. The van der Waals surface area contributed by atoms with E-state index in [4.69, 9.17) is 26.1 Å². The van der Waals surface area contributed by atoms with E-state index in [2.05, 4.69) is 5.10 Å². The molecule has 1 saturated heterocycles. The van der Waals surface area contributed by atoms with Gasteiger partial charge in [-0.1, -0.05) is 0 Å². The van der Waals surface area contributed by atoms with Crippen molar-refractivity contribution in [1.29, 1.82) is 0 Å². The first-order valence-electron chi connectivity index (χ1n) is 6.90. The van der Waals surface area contributed by atoms with E-state index in [1.807, 2.05) is 24.3 Å². The molecule has 1 N–H and O–H groups in total. The van der Waals surface area contributed by atoms with Crippen LogP contribution in [0.1, 0.15) is 0 Å². The van der Waals surface area contributed by atoms with Crippen molar-refractivity contribution < 1.29 is 18.8 Å². The second-order valence-electron chi connectivity index (χ2n) is 4.92. The molecule has 1 aromatic heterocycles. The average molecular weight is 308 g/mol. The third kappa shape index (κ3) is 3.31. The Labute approximate surface area is 127 Å². The van der Waals surface area contributed by atoms with E-state index in [1.165, 1.54) is 4.90 Å². The fourth-order valence-electron chi connectivity index (χ4n) is 2.29. The van der Waals surface area contributed by atoms with Crippen molar-refractivity contribution >= 4 is 12.2 Å². The van der Waals surface area contributed by atoms with Crippen LogP contribution in [0.25, 0.3) is 11.5 Å². The molecule has 0 atom stereocenters. The highest BCUT2D eigenvalue weighted by Gasteiger charge is 2.17. The van der Waals surface area contributed by atoms with E-state index in [1.54, 1.807) is 11.8 Å². The van der Waals surface area contributed by atoms with E-state index in [9.17, 15) is 0 Å². The number of morpholine rings is 1. The summed E-state index contributed by atoms with van der Waals surface area (Å²) in [7, 11) is 1.64. The maximum atomic E-state index is 5.60. The maximum absolute atomic E-state index is 5.60. The van der Waals surface area contributed by atoms with Gasteiger partial charge in [0, 0.05) is 5.56 Å². The lowest BCUT2D eigenvalue weighted by molar-refractivity contribution is -0.931. The monoisotopic (exact) mass is 308 g/mol. The maximum Gasteiger partial charge on any atom is 0.292 e. The first-order valence-corrected chi connectivity index (χ1v) is 7.31. The van der Waals surface area contributed by atoms with Crippen LogP contribution < -0.4 is 9.64 Å². The van der Waals surface area contributed by atoms with E-state index < -0.39 is 0 Å². The molecule has 0 unspecified atom stereocenters. The first kappa shape index (κ1) is 14.2. The number of benzene rings is 1. The van der Waals surface area contributed by atoms with Crippen molar-refractivity contribution in [1.82, 2.24) is 9.78 Å². The minimum absolute atomic E-state index is 0.403. The molecule has 1 aromatic carbocycles. The minimum atomic E-state index is 0.403. The summed E-state index contributed by atoms with van der Waals surface area (Å²) in [6, 6.07) is 7.57. The molecule has 7 heteroatoms. The van der Waals surface area contributed by atoms with Gasteiger partial charge in [-0.15, -0.1) is 5.10 Å². The SMILES string of the molecule is COc1ccc(-c2nn(C[NH+]3CCOCC3)c(=S)o2)cc1.